The molecule has 1 nitrogen and oxygen atoms in total. The van der Waals surface area contributed by atoms with E-state index >= 15 is 0 Å². The second-order valence-electron chi connectivity index (χ2n) is 5.90. The lowest BCUT2D eigenvalue weighted by atomic mass is 9.59. The number of hydrogen-bond donors (Lipinski definition) is 1. The third-order valence-electron chi connectivity index (χ3n) is 4.78. The minimum atomic E-state index is -0.220. The first-order valence-electron chi connectivity index (χ1n) is 7.37. The summed E-state index contributed by atoms with van der Waals surface area (Å²) < 4.78 is 14.2. The van der Waals surface area contributed by atoms with Crippen LogP contribution in [0.2, 0.25) is 0 Å². The Labute approximate surface area is 133 Å². The molecule has 0 aliphatic heterocycles. The normalized spacial score (nSPS) is 18.0. The van der Waals surface area contributed by atoms with E-state index in [0.717, 1.165) is 18.4 Å². The molecule has 1 saturated carbocycles. The molecule has 1 unspecified atom stereocenters. The van der Waals surface area contributed by atoms with Crippen molar-refractivity contribution in [3.05, 3.63) is 69.9 Å². The van der Waals surface area contributed by atoms with Gasteiger partial charge in [0.2, 0.25) is 0 Å². The Morgan fingerprint density at radius 1 is 1.10 bits per heavy atom. The highest BCUT2D eigenvalue weighted by molar-refractivity contribution is 9.10. The smallest absolute Gasteiger partial charge is 0.137 e. The lowest BCUT2D eigenvalue weighted by molar-refractivity contribution is 0.194. The van der Waals surface area contributed by atoms with Crippen molar-refractivity contribution in [2.75, 3.05) is 0 Å². The fourth-order valence-electron chi connectivity index (χ4n) is 3.34. The molecule has 2 N–H and O–H groups in total. The Morgan fingerprint density at radius 2 is 1.81 bits per heavy atom. The van der Waals surface area contributed by atoms with E-state index in [1.807, 2.05) is 12.1 Å². The van der Waals surface area contributed by atoms with Crippen LogP contribution in [0.5, 0.6) is 0 Å². The van der Waals surface area contributed by atoms with Crippen molar-refractivity contribution in [2.45, 2.75) is 37.1 Å². The van der Waals surface area contributed by atoms with Crippen molar-refractivity contribution in [3.8, 4) is 0 Å². The van der Waals surface area contributed by atoms with E-state index in [2.05, 4.69) is 40.2 Å². The maximum atomic E-state index is 13.7. The fraction of sp³-hybridized carbons (Fsp3) is 0.333. The first-order valence-corrected chi connectivity index (χ1v) is 8.17. The summed E-state index contributed by atoms with van der Waals surface area (Å²) in [6.45, 7) is 0. The number of nitrogens with two attached hydrogens (primary N) is 1. The lowest BCUT2D eigenvalue weighted by Gasteiger charge is -2.47. The monoisotopic (exact) mass is 347 g/mol. The molecule has 21 heavy (non-hydrogen) atoms. The van der Waals surface area contributed by atoms with Crippen molar-refractivity contribution < 1.29 is 4.39 Å². The minimum Gasteiger partial charge on any atom is -0.327 e. The predicted molar refractivity (Wildman–Crippen MR) is 87.8 cm³/mol. The van der Waals surface area contributed by atoms with E-state index in [0.29, 0.717) is 10.9 Å². The highest BCUT2D eigenvalue weighted by Gasteiger charge is 2.43. The van der Waals surface area contributed by atoms with Gasteiger partial charge >= 0.3 is 0 Å². The zero-order valence-electron chi connectivity index (χ0n) is 11.9. The van der Waals surface area contributed by atoms with E-state index in [9.17, 15) is 4.39 Å². The van der Waals surface area contributed by atoms with Gasteiger partial charge in [-0.1, -0.05) is 48.9 Å². The van der Waals surface area contributed by atoms with Crippen LogP contribution in [-0.2, 0) is 11.8 Å². The Morgan fingerprint density at radius 3 is 2.43 bits per heavy atom. The van der Waals surface area contributed by atoms with Gasteiger partial charge in [-0.15, -0.1) is 0 Å². The quantitative estimate of drug-likeness (QED) is 0.860. The number of benzene rings is 2. The van der Waals surface area contributed by atoms with Crippen molar-refractivity contribution in [3.63, 3.8) is 0 Å². The number of halogens is 2. The highest BCUT2D eigenvalue weighted by atomic mass is 79.9. The third-order valence-corrected chi connectivity index (χ3v) is 5.66. The van der Waals surface area contributed by atoms with E-state index in [4.69, 9.17) is 5.73 Å². The summed E-state index contributed by atoms with van der Waals surface area (Å²) in [4.78, 5) is 0. The summed E-state index contributed by atoms with van der Waals surface area (Å²) in [7, 11) is 0. The van der Waals surface area contributed by atoms with Gasteiger partial charge in [-0.25, -0.2) is 4.39 Å². The molecule has 2 aromatic carbocycles. The minimum absolute atomic E-state index is 0.00625. The van der Waals surface area contributed by atoms with Crippen LogP contribution in [0.15, 0.2) is 53.0 Å². The molecule has 3 rings (SSSR count). The average Bonchev–Trinajstić information content (AvgIpc) is 2.44. The molecule has 0 amide bonds. The molecule has 1 fully saturated rings. The Bertz CT molecular complexity index is 622. The van der Waals surface area contributed by atoms with Crippen molar-refractivity contribution in [1.29, 1.82) is 0 Å². The number of rotatable bonds is 4. The van der Waals surface area contributed by atoms with Gasteiger partial charge in [-0.3, -0.25) is 0 Å². The van der Waals surface area contributed by atoms with Crippen molar-refractivity contribution in [1.82, 2.24) is 0 Å². The molecule has 2 aromatic rings. The van der Waals surface area contributed by atoms with E-state index in [1.54, 1.807) is 6.07 Å². The van der Waals surface area contributed by atoms with Gasteiger partial charge < -0.3 is 5.73 Å². The van der Waals surface area contributed by atoms with Crippen LogP contribution in [0.25, 0.3) is 0 Å². The summed E-state index contributed by atoms with van der Waals surface area (Å²) in [5.41, 5.74) is 8.87. The standard InChI is InChI=1S/C18H19BrFN/c19-17-13(6-4-9-15(17)20)12-16(21)18(10-5-11-18)14-7-2-1-3-8-14/h1-4,6-9,16H,5,10-12,21H2. The van der Waals surface area contributed by atoms with Crippen LogP contribution in [0, 0.1) is 5.82 Å². The number of hydrogen-bond acceptors (Lipinski definition) is 1. The second kappa shape index (κ2) is 5.90. The van der Waals surface area contributed by atoms with Crippen LogP contribution < -0.4 is 5.73 Å². The zero-order valence-corrected chi connectivity index (χ0v) is 13.4. The topological polar surface area (TPSA) is 26.0 Å². The van der Waals surface area contributed by atoms with E-state index < -0.39 is 0 Å². The van der Waals surface area contributed by atoms with Gasteiger partial charge in [0.15, 0.2) is 0 Å². The molecule has 0 bridgehead atoms. The first-order chi connectivity index (χ1) is 10.1. The summed E-state index contributed by atoms with van der Waals surface area (Å²) in [5, 5.41) is 0. The SMILES string of the molecule is NC(Cc1cccc(F)c1Br)C1(c2ccccc2)CCC1. The van der Waals surface area contributed by atoms with Gasteiger partial charge in [-0.05, 0) is 52.4 Å². The summed E-state index contributed by atoms with van der Waals surface area (Å²) in [6, 6.07) is 15.7. The molecular weight excluding hydrogens is 329 g/mol. The Kier molecular flexibility index (Phi) is 4.14. The molecule has 3 heteroatoms. The molecular formula is C18H19BrFN. The van der Waals surface area contributed by atoms with E-state index in [1.165, 1.54) is 18.1 Å². The van der Waals surface area contributed by atoms with Crippen LogP contribution >= 0.6 is 15.9 Å². The van der Waals surface area contributed by atoms with Crippen LogP contribution in [0.4, 0.5) is 4.39 Å². The van der Waals surface area contributed by atoms with Crippen LogP contribution in [0.1, 0.15) is 30.4 Å². The Hall–Kier alpha value is -1.19. The second-order valence-corrected chi connectivity index (χ2v) is 6.69. The van der Waals surface area contributed by atoms with E-state index in [-0.39, 0.29) is 17.3 Å². The van der Waals surface area contributed by atoms with Gasteiger partial charge in [0.25, 0.3) is 0 Å². The predicted octanol–water partition coefficient (Wildman–Crippen LogP) is 4.58. The molecule has 0 aromatic heterocycles. The van der Waals surface area contributed by atoms with Gasteiger partial charge in [0.1, 0.15) is 5.82 Å². The molecule has 0 heterocycles. The molecule has 0 radical (unpaired) electrons. The van der Waals surface area contributed by atoms with Gasteiger partial charge in [-0.2, -0.15) is 0 Å². The summed E-state index contributed by atoms with van der Waals surface area (Å²) in [5.74, 6) is -0.220. The largest absolute Gasteiger partial charge is 0.327 e. The van der Waals surface area contributed by atoms with Crippen LogP contribution in [0.3, 0.4) is 0 Å². The molecule has 1 atom stereocenters. The van der Waals surface area contributed by atoms with Crippen LogP contribution in [-0.4, -0.2) is 6.04 Å². The average molecular weight is 348 g/mol. The maximum absolute atomic E-state index is 13.7. The van der Waals surface area contributed by atoms with Crippen molar-refractivity contribution >= 4 is 15.9 Å². The lowest BCUT2D eigenvalue weighted by Crippen LogP contribution is -2.51. The zero-order chi connectivity index (χ0) is 14.9. The van der Waals surface area contributed by atoms with Gasteiger partial charge in [0, 0.05) is 11.5 Å². The summed E-state index contributed by atoms with van der Waals surface area (Å²) in [6.07, 6.45) is 4.14. The molecule has 110 valence electrons. The summed E-state index contributed by atoms with van der Waals surface area (Å²) >= 11 is 3.34. The first kappa shape index (κ1) is 14.7. The third kappa shape index (κ3) is 2.65. The van der Waals surface area contributed by atoms with Crippen molar-refractivity contribution in [2.24, 2.45) is 5.73 Å². The molecule has 0 saturated heterocycles. The molecule has 1 aliphatic rings. The maximum Gasteiger partial charge on any atom is 0.137 e. The highest BCUT2D eigenvalue weighted by Crippen LogP contribution is 2.46. The Balaban J connectivity index is 1.87. The fourth-order valence-corrected chi connectivity index (χ4v) is 3.77. The molecule has 0 spiro atoms. The van der Waals surface area contributed by atoms with Gasteiger partial charge in [0.05, 0.1) is 4.47 Å². The molecule has 1 aliphatic carbocycles.